The first-order valence-corrected chi connectivity index (χ1v) is 21.2. The van der Waals surface area contributed by atoms with E-state index in [1.165, 1.54) is 87.2 Å². The third-order valence-electron chi connectivity index (χ3n) is 12.4. The van der Waals surface area contributed by atoms with E-state index in [0.717, 1.165) is 28.1 Å². The van der Waals surface area contributed by atoms with Crippen LogP contribution in [0.15, 0.2) is 231 Å². The zero-order chi connectivity index (χ0) is 41.0. The van der Waals surface area contributed by atoms with Gasteiger partial charge in [0.25, 0.3) is 0 Å². The quantitative estimate of drug-likeness (QED) is 0.124. The van der Waals surface area contributed by atoms with Gasteiger partial charge in [-0.05, 0) is 112 Å². The number of hydrogen-bond acceptors (Lipinski definition) is 2. The van der Waals surface area contributed by atoms with Crippen LogP contribution in [0.5, 0.6) is 0 Å². The van der Waals surface area contributed by atoms with Crippen molar-refractivity contribution in [3.05, 3.63) is 231 Å². The van der Waals surface area contributed by atoms with Crippen molar-refractivity contribution >= 4 is 53.9 Å². The Morgan fingerprint density at radius 3 is 1.34 bits per heavy atom. The van der Waals surface area contributed by atoms with Gasteiger partial charge in [-0.3, -0.25) is 0 Å². The lowest BCUT2D eigenvalue weighted by molar-refractivity contribution is 1.18. The summed E-state index contributed by atoms with van der Waals surface area (Å²) < 4.78 is 0. The van der Waals surface area contributed by atoms with Crippen molar-refractivity contribution in [3.63, 3.8) is 0 Å². The second-order valence-corrected chi connectivity index (χ2v) is 16.1. The molecule has 11 aromatic carbocycles. The van der Waals surface area contributed by atoms with Gasteiger partial charge < -0.3 is 0 Å². The summed E-state index contributed by atoms with van der Waals surface area (Å²) >= 11 is 0. The highest BCUT2D eigenvalue weighted by Gasteiger charge is 2.19. The number of fused-ring (bicyclic) bond motifs is 6. The summed E-state index contributed by atoms with van der Waals surface area (Å²) in [4.78, 5) is 10.2. The Hall–Kier alpha value is -8.20. The summed E-state index contributed by atoms with van der Waals surface area (Å²) in [6.45, 7) is 0. The first kappa shape index (κ1) is 35.7. The van der Waals surface area contributed by atoms with Gasteiger partial charge in [0.2, 0.25) is 0 Å². The van der Waals surface area contributed by atoms with Crippen molar-refractivity contribution in [2.45, 2.75) is 0 Å². The van der Waals surface area contributed by atoms with E-state index in [2.05, 4.69) is 212 Å². The normalized spacial score (nSPS) is 11.5. The first-order valence-electron chi connectivity index (χ1n) is 21.2. The minimum absolute atomic E-state index is 0.714. The number of rotatable bonds is 6. The Labute approximate surface area is 360 Å². The van der Waals surface area contributed by atoms with E-state index in [4.69, 9.17) is 9.97 Å². The molecule has 62 heavy (non-hydrogen) atoms. The van der Waals surface area contributed by atoms with Crippen molar-refractivity contribution in [2.75, 3.05) is 0 Å². The molecule has 0 bridgehead atoms. The van der Waals surface area contributed by atoms with E-state index in [1.54, 1.807) is 0 Å². The molecule has 0 aliphatic rings. The van der Waals surface area contributed by atoms with E-state index in [-0.39, 0.29) is 0 Å². The summed E-state index contributed by atoms with van der Waals surface area (Å²) in [6, 6.07) is 83.1. The van der Waals surface area contributed by atoms with Gasteiger partial charge in [0.1, 0.15) is 0 Å². The average Bonchev–Trinajstić information content (AvgIpc) is 3.35. The van der Waals surface area contributed by atoms with E-state index in [0.29, 0.717) is 5.82 Å². The maximum absolute atomic E-state index is 5.13. The third kappa shape index (κ3) is 6.20. The van der Waals surface area contributed by atoms with Crippen LogP contribution >= 0.6 is 0 Å². The Morgan fingerprint density at radius 1 is 0.226 bits per heavy atom. The fourth-order valence-electron chi connectivity index (χ4n) is 9.39. The first-order chi connectivity index (χ1) is 30.7. The molecule has 0 saturated heterocycles. The van der Waals surface area contributed by atoms with Crippen molar-refractivity contribution < 1.29 is 0 Å². The molecule has 12 aromatic rings. The van der Waals surface area contributed by atoms with Crippen molar-refractivity contribution in [2.24, 2.45) is 0 Å². The van der Waals surface area contributed by atoms with E-state index < -0.39 is 0 Å². The Balaban J connectivity index is 0.936. The van der Waals surface area contributed by atoms with Crippen LogP contribution in [0.3, 0.4) is 0 Å². The van der Waals surface area contributed by atoms with Gasteiger partial charge in [-0.2, -0.15) is 0 Å². The number of hydrogen-bond donors (Lipinski definition) is 0. The van der Waals surface area contributed by atoms with E-state index in [1.807, 2.05) is 18.2 Å². The molecule has 0 aliphatic carbocycles. The molecule has 0 aliphatic heterocycles. The van der Waals surface area contributed by atoms with Crippen LogP contribution in [-0.2, 0) is 0 Å². The summed E-state index contributed by atoms with van der Waals surface area (Å²) in [5, 5.41) is 12.3. The van der Waals surface area contributed by atoms with Gasteiger partial charge in [-0.25, -0.2) is 9.97 Å². The van der Waals surface area contributed by atoms with Gasteiger partial charge in [-0.15, -0.1) is 0 Å². The molecule has 12 rings (SSSR count). The molecule has 0 saturated carbocycles. The molecule has 0 radical (unpaired) electrons. The summed E-state index contributed by atoms with van der Waals surface area (Å²) in [5.41, 5.74) is 12.3. The molecule has 1 aromatic heterocycles. The predicted molar refractivity (Wildman–Crippen MR) is 262 cm³/mol. The predicted octanol–water partition coefficient (Wildman–Crippen LogP) is 16.2. The summed E-state index contributed by atoms with van der Waals surface area (Å²) in [5.74, 6) is 0.714. The zero-order valence-corrected chi connectivity index (χ0v) is 33.8. The largest absolute Gasteiger partial charge is 0.228 e. The lowest BCUT2D eigenvalue weighted by Gasteiger charge is -2.19. The maximum Gasteiger partial charge on any atom is 0.160 e. The van der Waals surface area contributed by atoms with Crippen LogP contribution in [0.2, 0.25) is 0 Å². The van der Waals surface area contributed by atoms with Crippen LogP contribution in [0.1, 0.15) is 0 Å². The van der Waals surface area contributed by atoms with Crippen molar-refractivity contribution in [3.8, 4) is 67.3 Å². The van der Waals surface area contributed by atoms with Crippen LogP contribution in [0.25, 0.3) is 121 Å². The highest BCUT2D eigenvalue weighted by atomic mass is 14.9. The van der Waals surface area contributed by atoms with E-state index >= 15 is 0 Å². The lowest BCUT2D eigenvalue weighted by Crippen LogP contribution is -1.96. The second kappa shape index (κ2) is 14.8. The molecule has 0 amide bonds. The molecule has 0 fully saturated rings. The van der Waals surface area contributed by atoms with Gasteiger partial charge >= 0.3 is 0 Å². The van der Waals surface area contributed by atoms with Gasteiger partial charge in [-0.1, -0.05) is 206 Å². The third-order valence-corrected chi connectivity index (χ3v) is 12.4. The lowest BCUT2D eigenvalue weighted by atomic mass is 9.84. The highest BCUT2D eigenvalue weighted by Crippen LogP contribution is 2.46. The van der Waals surface area contributed by atoms with E-state index in [9.17, 15) is 0 Å². The minimum atomic E-state index is 0.714. The fraction of sp³-hybridized carbons (Fsp3) is 0. The molecule has 2 heteroatoms. The van der Waals surface area contributed by atoms with Crippen LogP contribution < -0.4 is 0 Å². The molecule has 288 valence electrons. The smallest absolute Gasteiger partial charge is 0.160 e. The molecule has 0 atom stereocenters. The molecule has 0 unspecified atom stereocenters. The topological polar surface area (TPSA) is 25.8 Å². The Kier molecular flexibility index (Phi) is 8.53. The monoisotopic (exact) mass is 786 g/mol. The average molecular weight is 787 g/mol. The van der Waals surface area contributed by atoms with Crippen molar-refractivity contribution in [1.82, 2.24) is 9.97 Å². The number of nitrogens with zero attached hydrogens (tertiary/aromatic N) is 2. The second-order valence-electron chi connectivity index (χ2n) is 16.1. The van der Waals surface area contributed by atoms with Gasteiger partial charge in [0.05, 0.1) is 11.4 Å². The zero-order valence-electron chi connectivity index (χ0n) is 33.8. The van der Waals surface area contributed by atoms with Crippen molar-refractivity contribution in [1.29, 1.82) is 0 Å². The molecule has 0 spiro atoms. The molecule has 1 heterocycles. The SMILES string of the molecule is c1ccc(-c2nc(-c3ccc4ccccc4c3)cc(-c3ccc4cc(-c5ccc(-c6c7ccccc7c(-c7ccccc7)c7ccc8ccccc8c67)cc5)ccc4c3)n2)cc1. The highest BCUT2D eigenvalue weighted by molar-refractivity contribution is 6.28. The molecule has 2 nitrogen and oxygen atoms in total. The molecular formula is C60H38N2. The standard InChI is InChI=1S/C60H38N2/c1-3-15-42(16-4-1)57-52-21-11-12-22-53(52)58(59-51-20-10-9-14-41(51)33-34-54(57)59)43-26-23-40(24-27-43)46-28-29-48-37-50(32-30-47(48)35-46)56-38-55(61-60(62-56)44-17-5-2-6-18-44)49-31-25-39-13-7-8-19-45(39)36-49/h1-38H. The van der Waals surface area contributed by atoms with Crippen LogP contribution in [-0.4, -0.2) is 9.97 Å². The van der Waals surface area contributed by atoms with Crippen LogP contribution in [0, 0.1) is 0 Å². The minimum Gasteiger partial charge on any atom is -0.228 e. The Morgan fingerprint density at radius 2 is 0.661 bits per heavy atom. The molecular weight excluding hydrogens is 749 g/mol. The maximum atomic E-state index is 5.13. The molecule has 0 N–H and O–H groups in total. The Bertz CT molecular complexity index is 3670. The number of benzene rings is 11. The van der Waals surface area contributed by atoms with Gasteiger partial charge in [0, 0.05) is 16.7 Å². The van der Waals surface area contributed by atoms with Crippen LogP contribution in [0.4, 0.5) is 0 Å². The summed E-state index contributed by atoms with van der Waals surface area (Å²) in [7, 11) is 0. The van der Waals surface area contributed by atoms with Gasteiger partial charge in [0.15, 0.2) is 5.82 Å². The number of aromatic nitrogens is 2. The summed E-state index contributed by atoms with van der Waals surface area (Å²) in [6.07, 6.45) is 0. The fourth-order valence-corrected chi connectivity index (χ4v) is 9.39.